The quantitative estimate of drug-likeness (QED) is 0.210. The van der Waals surface area contributed by atoms with Crippen LogP contribution in [0.3, 0.4) is 0 Å². The van der Waals surface area contributed by atoms with Crippen LogP contribution in [0.4, 0.5) is 5.13 Å². The fraction of sp³-hybridized carbons (Fsp3) is 0.290. The summed E-state index contributed by atoms with van der Waals surface area (Å²) < 4.78 is 38.8. The number of anilines is 1. The highest BCUT2D eigenvalue weighted by molar-refractivity contribution is 7.89. The van der Waals surface area contributed by atoms with Gasteiger partial charge in [0, 0.05) is 35.5 Å². The summed E-state index contributed by atoms with van der Waals surface area (Å²) in [6.07, 6.45) is 3.55. The number of hydrazone groups is 1. The second-order valence-corrected chi connectivity index (χ2v) is 13.4. The van der Waals surface area contributed by atoms with Crippen LogP contribution >= 0.6 is 22.9 Å². The van der Waals surface area contributed by atoms with Crippen molar-refractivity contribution in [2.75, 3.05) is 32.3 Å². The predicted molar refractivity (Wildman–Crippen MR) is 168 cm³/mol. The monoisotopic (exact) mass is 622 g/mol. The van der Waals surface area contributed by atoms with Crippen LogP contribution in [0, 0.1) is 0 Å². The van der Waals surface area contributed by atoms with Gasteiger partial charge in [-0.05, 0) is 60.4 Å². The first-order chi connectivity index (χ1) is 20.4. The molecule has 3 heterocycles. The molecular formula is C31H31ClN4O4S2. The lowest BCUT2D eigenvalue weighted by Crippen LogP contribution is -2.35. The van der Waals surface area contributed by atoms with E-state index in [2.05, 4.69) is 0 Å². The Morgan fingerprint density at radius 3 is 2.26 bits per heavy atom. The van der Waals surface area contributed by atoms with Crippen LogP contribution in [-0.4, -0.2) is 50.7 Å². The molecule has 1 aromatic heterocycles. The van der Waals surface area contributed by atoms with E-state index >= 15 is 0 Å². The smallest absolute Gasteiger partial charge is 0.243 e. The van der Waals surface area contributed by atoms with E-state index in [9.17, 15) is 8.42 Å². The molecule has 42 heavy (non-hydrogen) atoms. The Bertz CT molecular complexity index is 1700. The molecule has 2 aliphatic heterocycles. The molecule has 1 unspecified atom stereocenters. The molecule has 0 N–H and O–H groups in total. The van der Waals surface area contributed by atoms with Gasteiger partial charge in [0.25, 0.3) is 0 Å². The van der Waals surface area contributed by atoms with Gasteiger partial charge in [-0.3, -0.25) is 0 Å². The van der Waals surface area contributed by atoms with Crippen LogP contribution in [0.1, 0.15) is 42.9 Å². The minimum atomic E-state index is -3.49. The summed E-state index contributed by atoms with van der Waals surface area (Å²) in [5.74, 6) is 1.31. The first-order valence-electron chi connectivity index (χ1n) is 13.8. The molecule has 218 valence electrons. The molecule has 0 spiro atoms. The maximum atomic E-state index is 13.1. The maximum absolute atomic E-state index is 13.1. The average molecular weight is 623 g/mol. The van der Waals surface area contributed by atoms with Crippen LogP contribution in [0.15, 0.2) is 82.1 Å². The predicted octanol–water partition coefficient (Wildman–Crippen LogP) is 7.01. The second kappa shape index (κ2) is 12.0. The topological polar surface area (TPSA) is 84.3 Å². The first-order valence-corrected chi connectivity index (χ1v) is 16.5. The van der Waals surface area contributed by atoms with E-state index < -0.39 is 10.0 Å². The molecule has 3 aromatic carbocycles. The Kier molecular flexibility index (Phi) is 8.22. The summed E-state index contributed by atoms with van der Waals surface area (Å²) in [7, 11) is -0.247. The number of ether oxygens (including phenoxy) is 2. The van der Waals surface area contributed by atoms with Gasteiger partial charge < -0.3 is 9.47 Å². The zero-order valence-corrected chi connectivity index (χ0v) is 25.8. The number of halogens is 1. The molecule has 1 saturated heterocycles. The van der Waals surface area contributed by atoms with Crippen molar-refractivity contribution in [3.05, 3.63) is 88.3 Å². The van der Waals surface area contributed by atoms with Gasteiger partial charge in [0.2, 0.25) is 15.2 Å². The second-order valence-electron chi connectivity index (χ2n) is 10.2. The fourth-order valence-electron chi connectivity index (χ4n) is 5.38. The number of hydrogen-bond acceptors (Lipinski definition) is 8. The summed E-state index contributed by atoms with van der Waals surface area (Å²) >= 11 is 7.64. The van der Waals surface area contributed by atoms with Gasteiger partial charge in [0.1, 0.15) is 0 Å². The molecule has 1 atom stereocenters. The summed E-state index contributed by atoms with van der Waals surface area (Å²) in [6, 6.07) is 20.5. The minimum Gasteiger partial charge on any atom is -0.493 e. The van der Waals surface area contributed by atoms with Crippen LogP contribution in [-0.2, 0) is 10.0 Å². The number of benzene rings is 3. The van der Waals surface area contributed by atoms with Gasteiger partial charge >= 0.3 is 0 Å². The molecule has 0 aliphatic carbocycles. The molecule has 0 saturated carbocycles. The third-order valence-corrected chi connectivity index (χ3v) is 10.7. The van der Waals surface area contributed by atoms with Gasteiger partial charge in [-0.15, -0.1) is 11.3 Å². The van der Waals surface area contributed by atoms with Crippen molar-refractivity contribution in [2.24, 2.45) is 5.10 Å². The van der Waals surface area contributed by atoms with Gasteiger partial charge in [0.15, 0.2) is 11.5 Å². The molecule has 0 bridgehead atoms. The molecule has 0 amide bonds. The molecule has 11 heteroatoms. The van der Waals surface area contributed by atoms with E-state index in [1.54, 1.807) is 30.7 Å². The van der Waals surface area contributed by atoms with Crippen LogP contribution in [0.5, 0.6) is 11.5 Å². The highest BCUT2D eigenvalue weighted by Gasteiger charge is 2.33. The normalized spacial score (nSPS) is 17.7. The Hall–Kier alpha value is -3.44. The molecule has 4 aromatic rings. The minimum absolute atomic E-state index is 0.119. The summed E-state index contributed by atoms with van der Waals surface area (Å²) in [4.78, 5) is 5.25. The number of hydrogen-bond donors (Lipinski definition) is 0. The lowest BCUT2D eigenvalue weighted by molar-refractivity contribution is 0.346. The molecular weight excluding hydrogens is 592 g/mol. The Morgan fingerprint density at radius 2 is 1.57 bits per heavy atom. The Balaban J connectivity index is 1.31. The number of nitrogens with zero attached hydrogens (tertiary/aromatic N) is 4. The number of methoxy groups -OCH3 is 2. The van der Waals surface area contributed by atoms with Crippen molar-refractivity contribution >= 4 is 43.8 Å². The van der Waals surface area contributed by atoms with E-state index in [1.807, 2.05) is 65.0 Å². The third kappa shape index (κ3) is 5.64. The fourth-order valence-corrected chi connectivity index (χ4v) is 7.85. The lowest BCUT2D eigenvalue weighted by atomic mass is 9.98. The highest BCUT2D eigenvalue weighted by Crippen LogP contribution is 2.41. The number of thiazole rings is 1. The summed E-state index contributed by atoms with van der Waals surface area (Å²) in [5, 5.41) is 10.4. The molecule has 6 rings (SSSR count). The van der Waals surface area contributed by atoms with Crippen molar-refractivity contribution in [2.45, 2.75) is 36.6 Å². The van der Waals surface area contributed by atoms with E-state index in [4.69, 9.17) is 31.2 Å². The number of piperidine rings is 1. The van der Waals surface area contributed by atoms with E-state index in [0.717, 1.165) is 52.5 Å². The van der Waals surface area contributed by atoms with Crippen LogP contribution in [0.25, 0.3) is 11.3 Å². The standard InChI is InChI=1S/C31H31ClN4O4S2/c1-39-29-15-10-23(18-30(29)40-2)28-19-26(21-6-11-24(32)12-7-21)34-36(28)31-33-27(20-41-31)22-8-13-25(14-9-22)42(37,38)35-16-4-3-5-17-35/h6-15,18,20,28H,3-5,16-17,19H2,1-2H3. The number of rotatable bonds is 8. The van der Waals surface area contributed by atoms with Crippen molar-refractivity contribution in [3.63, 3.8) is 0 Å². The zero-order chi connectivity index (χ0) is 29.3. The molecule has 1 fully saturated rings. The summed E-state index contributed by atoms with van der Waals surface area (Å²) in [5.41, 5.74) is 4.55. The van der Waals surface area contributed by atoms with Gasteiger partial charge in [-0.25, -0.2) is 18.4 Å². The first kappa shape index (κ1) is 28.7. The largest absolute Gasteiger partial charge is 0.493 e. The van der Waals surface area contributed by atoms with Gasteiger partial charge in [0.05, 0.1) is 36.6 Å². The average Bonchev–Trinajstić information content (AvgIpc) is 3.70. The van der Waals surface area contributed by atoms with Gasteiger partial charge in [-0.2, -0.15) is 9.41 Å². The molecule has 2 aliphatic rings. The molecule has 8 nitrogen and oxygen atoms in total. The van der Waals surface area contributed by atoms with Crippen molar-refractivity contribution < 1.29 is 17.9 Å². The van der Waals surface area contributed by atoms with E-state index in [0.29, 0.717) is 40.9 Å². The molecule has 0 radical (unpaired) electrons. The number of aromatic nitrogens is 1. The van der Waals surface area contributed by atoms with Crippen LogP contribution < -0.4 is 14.5 Å². The van der Waals surface area contributed by atoms with Gasteiger partial charge in [-0.1, -0.05) is 48.4 Å². The van der Waals surface area contributed by atoms with E-state index in [1.165, 1.54) is 11.3 Å². The van der Waals surface area contributed by atoms with Crippen molar-refractivity contribution in [3.8, 4) is 22.8 Å². The lowest BCUT2D eigenvalue weighted by Gasteiger charge is -2.25. The summed E-state index contributed by atoms with van der Waals surface area (Å²) in [6.45, 7) is 1.16. The zero-order valence-electron chi connectivity index (χ0n) is 23.4. The van der Waals surface area contributed by atoms with Crippen molar-refractivity contribution in [1.82, 2.24) is 9.29 Å². The SMILES string of the molecule is COc1ccc(C2CC(c3ccc(Cl)cc3)=NN2c2nc(-c3ccc(S(=O)(=O)N4CCCCC4)cc3)cs2)cc1OC. The number of sulfonamides is 1. The highest BCUT2D eigenvalue weighted by atomic mass is 35.5. The Labute approximate surface area is 255 Å². The third-order valence-electron chi connectivity index (χ3n) is 7.67. The van der Waals surface area contributed by atoms with E-state index in [-0.39, 0.29) is 6.04 Å². The van der Waals surface area contributed by atoms with Crippen LogP contribution in [0.2, 0.25) is 5.02 Å². The maximum Gasteiger partial charge on any atom is 0.243 e. The Morgan fingerprint density at radius 1 is 0.881 bits per heavy atom. The van der Waals surface area contributed by atoms with Crippen molar-refractivity contribution in [1.29, 1.82) is 0 Å².